The van der Waals surface area contributed by atoms with Crippen LogP contribution in [0.3, 0.4) is 0 Å². The van der Waals surface area contributed by atoms with E-state index in [0.29, 0.717) is 5.75 Å². The third-order valence-corrected chi connectivity index (χ3v) is 5.27. The largest absolute Gasteiger partial charge is 0.507 e. The van der Waals surface area contributed by atoms with E-state index >= 15 is 0 Å². The lowest BCUT2D eigenvalue weighted by atomic mass is 9.98. The van der Waals surface area contributed by atoms with Gasteiger partial charge in [-0.15, -0.1) is 0 Å². The summed E-state index contributed by atoms with van der Waals surface area (Å²) >= 11 is 0. The number of rotatable bonds is 10. The van der Waals surface area contributed by atoms with Crippen molar-refractivity contribution in [3.05, 3.63) is 83.9 Å². The van der Waals surface area contributed by atoms with Gasteiger partial charge in [-0.2, -0.15) is 0 Å². The van der Waals surface area contributed by atoms with E-state index in [0.717, 1.165) is 24.0 Å². The van der Waals surface area contributed by atoms with Crippen LogP contribution in [0.1, 0.15) is 61.4 Å². The van der Waals surface area contributed by atoms with E-state index in [2.05, 4.69) is 13.0 Å². The van der Waals surface area contributed by atoms with Gasteiger partial charge in [0.25, 0.3) is 0 Å². The lowest BCUT2D eigenvalue weighted by Crippen LogP contribution is -2.09. The first kappa shape index (κ1) is 21.6. The summed E-state index contributed by atoms with van der Waals surface area (Å²) in [6.07, 6.45) is 8.60. The first-order chi connectivity index (χ1) is 14.7. The highest BCUT2D eigenvalue weighted by Gasteiger charge is 2.16. The Labute approximate surface area is 179 Å². The minimum absolute atomic E-state index is 0.0801. The smallest absolute Gasteiger partial charge is 0.347 e. The number of ether oxygens (including phenoxy) is 1. The Morgan fingerprint density at radius 3 is 2.30 bits per heavy atom. The summed E-state index contributed by atoms with van der Waals surface area (Å²) < 4.78 is 5.69. The summed E-state index contributed by atoms with van der Waals surface area (Å²) in [4.78, 5) is 12.6. The van der Waals surface area contributed by atoms with E-state index in [-0.39, 0.29) is 11.3 Å². The highest BCUT2D eigenvalue weighted by Crippen LogP contribution is 2.32. The summed E-state index contributed by atoms with van der Waals surface area (Å²) in [6.45, 7) is 2.23. The van der Waals surface area contributed by atoms with Gasteiger partial charge in [0.05, 0.1) is 0 Å². The van der Waals surface area contributed by atoms with E-state index in [1.165, 1.54) is 43.7 Å². The number of phenolic OH excluding ortho intramolecular Hbond substituents is 1. The van der Waals surface area contributed by atoms with Gasteiger partial charge in [-0.25, -0.2) is 4.79 Å². The van der Waals surface area contributed by atoms with Gasteiger partial charge in [-0.1, -0.05) is 87.6 Å². The maximum atomic E-state index is 12.6. The van der Waals surface area contributed by atoms with Crippen molar-refractivity contribution in [2.24, 2.45) is 0 Å². The summed E-state index contributed by atoms with van der Waals surface area (Å²) in [5, 5.41) is 9.96. The third kappa shape index (κ3) is 5.96. The first-order valence-electron chi connectivity index (χ1n) is 10.9. The van der Waals surface area contributed by atoms with Crippen LogP contribution in [0.25, 0.3) is 11.1 Å². The van der Waals surface area contributed by atoms with Crippen molar-refractivity contribution in [3.63, 3.8) is 0 Å². The van der Waals surface area contributed by atoms with Crippen LogP contribution in [0.15, 0.2) is 72.8 Å². The van der Waals surface area contributed by atoms with Gasteiger partial charge in [-0.3, -0.25) is 0 Å². The predicted molar refractivity (Wildman–Crippen MR) is 122 cm³/mol. The number of phenols is 1. The molecule has 0 saturated carbocycles. The highest BCUT2D eigenvalue weighted by atomic mass is 16.5. The van der Waals surface area contributed by atoms with Crippen LogP contribution in [-0.4, -0.2) is 11.1 Å². The molecule has 0 unspecified atom stereocenters. The molecule has 0 aromatic heterocycles. The second-order valence-corrected chi connectivity index (χ2v) is 7.62. The van der Waals surface area contributed by atoms with Crippen LogP contribution in [0, 0.1) is 0 Å². The number of para-hydroxylation sites is 1. The van der Waals surface area contributed by atoms with Crippen LogP contribution in [0.4, 0.5) is 0 Å². The SMILES string of the molecule is CCCCCCCCc1ccc(OC(=O)c2ccccc2O)c(-c2ccccc2)c1. The fourth-order valence-corrected chi connectivity index (χ4v) is 3.58. The van der Waals surface area contributed by atoms with E-state index in [4.69, 9.17) is 4.74 Å². The molecule has 0 aliphatic rings. The van der Waals surface area contributed by atoms with Crippen LogP contribution in [0.2, 0.25) is 0 Å². The molecule has 0 amide bonds. The number of carbonyl (C=O) groups is 1. The average molecular weight is 403 g/mol. The van der Waals surface area contributed by atoms with Crippen molar-refractivity contribution in [3.8, 4) is 22.6 Å². The van der Waals surface area contributed by atoms with E-state index in [1.54, 1.807) is 18.2 Å². The second kappa shape index (κ2) is 11.2. The normalized spacial score (nSPS) is 10.7. The molecule has 0 saturated heterocycles. The summed E-state index contributed by atoms with van der Waals surface area (Å²) in [5.74, 6) is -0.140. The van der Waals surface area contributed by atoms with Gasteiger partial charge in [-0.05, 0) is 48.2 Å². The number of carbonyl (C=O) groups excluding carboxylic acids is 1. The summed E-state index contributed by atoms with van der Waals surface area (Å²) in [7, 11) is 0. The van der Waals surface area contributed by atoms with Crippen molar-refractivity contribution in [1.82, 2.24) is 0 Å². The molecule has 0 radical (unpaired) electrons. The molecule has 0 fully saturated rings. The van der Waals surface area contributed by atoms with Crippen molar-refractivity contribution in [1.29, 1.82) is 0 Å². The number of hydrogen-bond donors (Lipinski definition) is 1. The van der Waals surface area contributed by atoms with Crippen molar-refractivity contribution >= 4 is 5.97 Å². The number of esters is 1. The predicted octanol–water partition coefficient (Wildman–Crippen LogP) is 7.18. The Morgan fingerprint density at radius 2 is 1.53 bits per heavy atom. The van der Waals surface area contributed by atoms with Crippen molar-refractivity contribution in [2.45, 2.75) is 51.9 Å². The van der Waals surface area contributed by atoms with Gasteiger partial charge in [0.2, 0.25) is 0 Å². The number of unbranched alkanes of at least 4 members (excludes halogenated alkanes) is 5. The van der Waals surface area contributed by atoms with Crippen LogP contribution < -0.4 is 4.74 Å². The molecular weight excluding hydrogens is 372 g/mol. The summed E-state index contributed by atoms with van der Waals surface area (Å²) in [5.41, 5.74) is 3.30. The third-order valence-electron chi connectivity index (χ3n) is 5.27. The maximum absolute atomic E-state index is 12.6. The fraction of sp³-hybridized carbons (Fsp3) is 0.296. The highest BCUT2D eigenvalue weighted by molar-refractivity contribution is 5.94. The quantitative estimate of drug-likeness (QED) is 0.222. The zero-order valence-corrected chi connectivity index (χ0v) is 17.6. The standard InChI is InChI=1S/C27H30O3/c1-2-3-4-5-6-8-13-21-18-19-26(24(20-21)22-14-9-7-10-15-22)30-27(29)23-16-11-12-17-25(23)28/h7,9-12,14-20,28H,2-6,8,13H2,1H3. The minimum atomic E-state index is -0.561. The van der Waals surface area contributed by atoms with E-state index < -0.39 is 5.97 Å². The van der Waals surface area contributed by atoms with Gasteiger partial charge in [0, 0.05) is 5.56 Å². The number of hydrogen-bond acceptors (Lipinski definition) is 3. The molecule has 0 aliphatic carbocycles. The number of aromatic hydroxyl groups is 1. The Balaban J connectivity index is 1.77. The second-order valence-electron chi connectivity index (χ2n) is 7.62. The fourth-order valence-electron chi connectivity index (χ4n) is 3.58. The zero-order chi connectivity index (χ0) is 21.2. The average Bonchev–Trinajstić information content (AvgIpc) is 2.78. The molecule has 0 heterocycles. The Morgan fingerprint density at radius 1 is 0.833 bits per heavy atom. The first-order valence-corrected chi connectivity index (χ1v) is 10.9. The Bertz CT molecular complexity index is 947. The molecule has 156 valence electrons. The molecule has 3 heteroatoms. The maximum Gasteiger partial charge on any atom is 0.347 e. The Kier molecular flexibility index (Phi) is 8.08. The summed E-state index contributed by atoms with van der Waals surface area (Å²) in [6, 6.07) is 22.4. The van der Waals surface area contributed by atoms with Gasteiger partial charge in [0.1, 0.15) is 17.1 Å². The molecule has 0 bridgehead atoms. The van der Waals surface area contributed by atoms with Gasteiger partial charge < -0.3 is 9.84 Å². The minimum Gasteiger partial charge on any atom is -0.507 e. The van der Waals surface area contributed by atoms with Crippen molar-refractivity contribution < 1.29 is 14.6 Å². The topological polar surface area (TPSA) is 46.5 Å². The molecule has 0 atom stereocenters. The Hall–Kier alpha value is -3.07. The lowest BCUT2D eigenvalue weighted by molar-refractivity contribution is 0.0732. The number of aryl methyl sites for hydroxylation is 1. The van der Waals surface area contributed by atoms with Crippen LogP contribution in [-0.2, 0) is 6.42 Å². The molecule has 30 heavy (non-hydrogen) atoms. The molecule has 3 nitrogen and oxygen atoms in total. The van der Waals surface area contributed by atoms with E-state index in [1.807, 2.05) is 42.5 Å². The molecule has 0 spiro atoms. The van der Waals surface area contributed by atoms with Gasteiger partial charge >= 0.3 is 5.97 Å². The van der Waals surface area contributed by atoms with E-state index in [9.17, 15) is 9.90 Å². The lowest BCUT2D eigenvalue weighted by Gasteiger charge is -2.13. The van der Waals surface area contributed by atoms with Gasteiger partial charge in [0.15, 0.2) is 0 Å². The molecular formula is C27H30O3. The number of benzene rings is 3. The zero-order valence-electron chi connectivity index (χ0n) is 17.6. The van der Waals surface area contributed by atoms with Crippen molar-refractivity contribution in [2.75, 3.05) is 0 Å². The molecule has 3 aromatic rings. The van der Waals surface area contributed by atoms with Crippen LogP contribution in [0.5, 0.6) is 11.5 Å². The molecule has 0 aliphatic heterocycles. The molecule has 3 aromatic carbocycles. The molecule has 3 rings (SSSR count). The molecule has 1 N–H and O–H groups in total. The monoisotopic (exact) mass is 402 g/mol. The van der Waals surface area contributed by atoms with Crippen LogP contribution >= 0.6 is 0 Å².